The lowest BCUT2D eigenvalue weighted by Gasteiger charge is -2.32. The highest BCUT2D eigenvalue weighted by molar-refractivity contribution is 6.30. The van der Waals surface area contributed by atoms with E-state index in [2.05, 4.69) is 15.1 Å². The maximum atomic E-state index is 9.01. The minimum Gasteiger partial charge on any atom is -0.396 e. The smallest absolute Gasteiger partial charge is 0.151 e. The molecule has 1 aliphatic rings. The van der Waals surface area contributed by atoms with Gasteiger partial charge in [0, 0.05) is 30.3 Å². The molecule has 3 rings (SSSR count). The highest BCUT2D eigenvalue weighted by Gasteiger charge is 2.19. The summed E-state index contributed by atoms with van der Waals surface area (Å²) >= 11 is 5.90. The maximum absolute atomic E-state index is 9.01. The van der Waals surface area contributed by atoms with Gasteiger partial charge < -0.3 is 10.0 Å². The van der Waals surface area contributed by atoms with Gasteiger partial charge in [0.15, 0.2) is 5.82 Å². The highest BCUT2D eigenvalue weighted by atomic mass is 35.5. The number of anilines is 1. The number of halogens is 1. The first kappa shape index (κ1) is 15.3. The quantitative estimate of drug-likeness (QED) is 0.939. The van der Waals surface area contributed by atoms with Gasteiger partial charge in [0.1, 0.15) is 0 Å². The normalized spacial score (nSPS) is 16.0. The molecule has 0 amide bonds. The molecule has 0 saturated carbocycles. The second-order valence-electron chi connectivity index (χ2n) is 5.73. The van der Waals surface area contributed by atoms with E-state index in [4.69, 9.17) is 16.7 Å². The van der Waals surface area contributed by atoms with Gasteiger partial charge in [0.05, 0.1) is 5.69 Å². The SMILES string of the molecule is OCCC1CCN(c2ccc(-c3ccc(Cl)cc3)nn2)CC1. The van der Waals surface area contributed by atoms with Crippen LogP contribution < -0.4 is 4.90 Å². The third-order valence-electron chi connectivity index (χ3n) is 4.27. The number of aliphatic hydroxyl groups is 1. The molecule has 1 aromatic heterocycles. The molecule has 116 valence electrons. The predicted octanol–water partition coefficient (Wildman–Crippen LogP) is 3.40. The van der Waals surface area contributed by atoms with Crippen molar-refractivity contribution in [2.45, 2.75) is 19.3 Å². The van der Waals surface area contributed by atoms with Crippen molar-refractivity contribution in [1.82, 2.24) is 10.2 Å². The van der Waals surface area contributed by atoms with Gasteiger partial charge in [-0.3, -0.25) is 0 Å². The Bertz CT molecular complexity index is 592. The average Bonchev–Trinajstić information content (AvgIpc) is 2.57. The summed E-state index contributed by atoms with van der Waals surface area (Å²) in [6.07, 6.45) is 3.14. The van der Waals surface area contributed by atoms with Crippen molar-refractivity contribution in [2.24, 2.45) is 5.92 Å². The molecule has 1 fully saturated rings. The van der Waals surface area contributed by atoms with Gasteiger partial charge in [0.2, 0.25) is 0 Å². The first-order chi connectivity index (χ1) is 10.8. The Balaban J connectivity index is 1.66. The van der Waals surface area contributed by atoms with Gasteiger partial charge >= 0.3 is 0 Å². The first-order valence-electron chi connectivity index (χ1n) is 7.72. The van der Waals surface area contributed by atoms with E-state index in [0.717, 1.165) is 54.4 Å². The predicted molar refractivity (Wildman–Crippen MR) is 89.1 cm³/mol. The molecule has 1 saturated heterocycles. The molecular weight excluding hydrogens is 298 g/mol. The maximum Gasteiger partial charge on any atom is 0.151 e. The van der Waals surface area contributed by atoms with E-state index in [9.17, 15) is 0 Å². The largest absolute Gasteiger partial charge is 0.396 e. The van der Waals surface area contributed by atoms with Crippen molar-refractivity contribution >= 4 is 17.4 Å². The topological polar surface area (TPSA) is 49.2 Å². The van der Waals surface area contributed by atoms with Crippen LogP contribution in [-0.2, 0) is 0 Å². The Morgan fingerprint density at radius 3 is 2.36 bits per heavy atom. The summed E-state index contributed by atoms with van der Waals surface area (Å²) in [6.45, 7) is 2.26. The van der Waals surface area contributed by atoms with Crippen LogP contribution in [0.3, 0.4) is 0 Å². The van der Waals surface area contributed by atoms with E-state index in [-0.39, 0.29) is 0 Å². The van der Waals surface area contributed by atoms with Crippen LogP contribution in [0, 0.1) is 5.92 Å². The van der Waals surface area contributed by atoms with E-state index in [1.54, 1.807) is 0 Å². The molecule has 0 spiro atoms. The van der Waals surface area contributed by atoms with Crippen LogP contribution in [0.25, 0.3) is 11.3 Å². The number of hydrogen-bond acceptors (Lipinski definition) is 4. The molecule has 1 aliphatic heterocycles. The van der Waals surface area contributed by atoms with Crippen LogP contribution >= 0.6 is 11.6 Å². The molecule has 1 aromatic carbocycles. The minimum absolute atomic E-state index is 0.292. The second kappa shape index (κ2) is 7.07. The minimum atomic E-state index is 0.292. The number of benzene rings is 1. The van der Waals surface area contributed by atoms with Crippen LogP contribution in [-0.4, -0.2) is 35.0 Å². The summed E-state index contributed by atoms with van der Waals surface area (Å²) in [4.78, 5) is 2.27. The molecule has 1 N–H and O–H groups in total. The summed E-state index contributed by atoms with van der Waals surface area (Å²) < 4.78 is 0. The van der Waals surface area contributed by atoms with E-state index in [1.165, 1.54) is 0 Å². The van der Waals surface area contributed by atoms with E-state index < -0.39 is 0 Å². The molecular formula is C17H20ClN3O. The molecule has 22 heavy (non-hydrogen) atoms. The van der Waals surface area contributed by atoms with Crippen LogP contribution in [0.15, 0.2) is 36.4 Å². The number of rotatable bonds is 4. The van der Waals surface area contributed by atoms with Crippen molar-refractivity contribution in [2.75, 3.05) is 24.6 Å². The van der Waals surface area contributed by atoms with Gasteiger partial charge in [-0.15, -0.1) is 10.2 Å². The monoisotopic (exact) mass is 317 g/mol. The number of nitrogens with zero attached hydrogens (tertiary/aromatic N) is 3. The van der Waals surface area contributed by atoms with Crippen molar-refractivity contribution in [1.29, 1.82) is 0 Å². The molecule has 4 nitrogen and oxygen atoms in total. The number of piperidine rings is 1. The first-order valence-corrected chi connectivity index (χ1v) is 8.09. The third kappa shape index (κ3) is 3.57. The zero-order valence-corrected chi connectivity index (χ0v) is 13.2. The summed E-state index contributed by atoms with van der Waals surface area (Å²) in [5, 5.41) is 18.4. The lowest BCUT2D eigenvalue weighted by atomic mass is 9.94. The highest BCUT2D eigenvalue weighted by Crippen LogP contribution is 2.25. The Labute approximate surface area is 135 Å². The van der Waals surface area contributed by atoms with Crippen molar-refractivity contribution in [3.63, 3.8) is 0 Å². The van der Waals surface area contributed by atoms with Crippen molar-refractivity contribution in [3.05, 3.63) is 41.4 Å². The number of aromatic nitrogens is 2. The lowest BCUT2D eigenvalue weighted by molar-refractivity contribution is 0.240. The van der Waals surface area contributed by atoms with Gasteiger partial charge in [0.25, 0.3) is 0 Å². The molecule has 2 heterocycles. The standard InChI is InChI=1S/C17H20ClN3O/c18-15-3-1-14(2-4-15)16-5-6-17(20-19-16)21-10-7-13(8-11-21)9-12-22/h1-6,13,22H,7-12H2. The van der Waals surface area contributed by atoms with Crippen molar-refractivity contribution in [3.8, 4) is 11.3 Å². The van der Waals surface area contributed by atoms with Crippen molar-refractivity contribution < 1.29 is 5.11 Å². The fourth-order valence-electron chi connectivity index (χ4n) is 2.90. The van der Waals surface area contributed by atoms with Crippen LogP contribution in [0.4, 0.5) is 5.82 Å². The molecule has 0 aliphatic carbocycles. The second-order valence-corrected chi connectivity index (χ2v) is 6.16. The Kier molecular flexibility index (Phi) is 4.90. The van der Waals surface area contributed by atoms with Crippen LogP contribution in [0.2, 0.25) is 5.02 Å². The van der Waals surface area contributed by atoms with E-state index >= 15 is 0 Å². The summed E-state index contributed by atoms with van der Waals surface area (Å²) in [5.74, 6) is 1.57. The molecule has 0 radical (unpaired) electrons. The van der Waals surface area contributed by atoms with Gasteiger partial charge in [-0.05, 0) is 49.4 Å². The summed E-state index contributed by atoms with van der Waals surface area (Å²) in [6, 6.07) is 11.7. The zero-order valence-electron chi connectivity index (χ0n) is 12.5. The summed E-state index contributed by atoms with van der Waals surface area (Å²) in [5.41, 5.74) is 1.88. The fraction of sp³-hybridized carbons (Fsp3) is 0.412. The average molecular weight is 318 g/mol. The van der Waals surface area contributed by atoms with E-state index in [1.807, 2.05) is 36.4 Å². The molecule has 5 heteroatoms. The van der Waals surface area contributed by atoms with Gasteiger partial charge in [-0.2, -0.15) is 0 Å². The van der Waals surface area contributed by atoms with Crippen LogP contribution in [0.1, 0.15) is 19.3 Å². The van der Waals surface area contributed by atoms with Gasteiger partial charge in [-0.25, -0.2) is 0 Å². The van der Waals surface area contributed by atoms with E-state index in [0.29, 0.717) is 12.5 Å². The number of hydrogen-bond donors (Lipinski definition) is 1. The fourth-order valence-corrected chi connectivity index (χ4v) is 3.03. The Morgan fingerprint density at radius 2 is 1.77 bits per heavy atom. The molecule has 0 unspecified atom stereocenters. The van der Waals surface area contributed by atoms with Crippen LogP contribution in [0.5, 0.6) is 0 Å². The molecule has 2 aromatic rings. The van der Waals surface area contributed by atoms with Gasteiger partial charge in [-0.1, -0.05) is 23.7 Å². The summed E-state index contributed by atoms with van der Waals surface area (Å²) in [7, 11) is 0. The molecule has 0 bridgehead atoms. The zero-order chi connectivity index (χ0) is 15.4. The lowest BCUT2D eigenvalue weighted by Crippen LogP contribution is -2.34. The number of aliphatic hydroxyl groups excluding tert-OH is 1. The third-order valence-corrected chi connectivity index (χ3v) is 4.52. The Morgan fingerprint density at radius 1 is 1.05 bits per heavy atom. The molecule has 0 atom stereocenters. The Hall–Kier alpha value is -1.65.